The summed E-state index contributed by atoms with van der Waals surface area (Å²) >= 11 is 2.83. The highest BCUT2D eigenvalue weighted by Crippen LogP contribution is 2.38. The maximum atomic E-state index is 12.9. The number of rotatable bonds is 7. The Bertz CT molecular complexity index is 1560. The second-order valence-electron chi connectivity index (χ2n) is 10.0. The first-order chi connectivity index (χ1) is 19.0. The van der Waals surface area contributed by atoms with Gasteiger partial charge in [-0.15, -0.1) is 11.3 Å². The molecule has 2 fully saturated rings. The molecule has 2 aliphatic rings. The second kappa shape index (κ2) is 11.0. The van der Waals surface area contributed by atoms with Gasteiger partial charge in [-0.25, -0.2) is 4.98 Å². The van der Waals surface area contributed by atoms with Crippen molar-refractivity contribution < 1.29 is 13.9 Å². The number of nitrogens with two attached hydrogens (primary N) is 2. The maximum absolute atomic E-state index is 12.9. The van der Waals surface area contributed by atoms with Gasteiger partial charge in [0.25, 0.3) is 5.91 Å². The molecule has 6 rings (SSSR count). The lowest BCUT2D eigenvalue weighted by atomic mass is 9.91. The first-order valence-electron chi connectivity index (χ1n) is 13.1. The van der Waals surface area contributed by atoms with Crippen LogP contribution in [0.25, 0.3) is 21.5 Å². The fourth-order valence-electron chi connectivity index (χ4n) is 5.34. The molecule has 39 heavy (non-hydrogen) atoms. The van der Waals surface area contributed by atoms with Crippen LogP contribution in [0.15, 0.2) is 39.2 Å². The summed E-state index contributed by atoms with van der Waals surface area (Å²) in [7, 11) is 0. The Labute approximate surface area is 233 Å². The third kappa shape index (κ3) is 5.29. The maximum Gasteiger partial charge on any atom is 0.267 e. The van der Waals surface area contributed by atoms with E-state index in [0.717, 1.165) is 71.0 Å². The lowest BCUT2D eigenvalue weighted by Crippen LogP contribution is -2.42. The lowest BCUT2D eigenvalue weighted by Gasteiger charge is -2.30. The van der Waals surface area contributed by atoms with Crippen molar-refractivity contribution in [1.82, 2.24) is 9.36 Å². The number of nitrogens with one attached hydrogen (secondary N) is 1. The summed E-state index contributed by atoms with van der Waals surface area (Å²) in [5.74, 6) is -0.585. The number of amides is 1. The Kier molecular flexibility index (Phi) is 7.34. The van der Waals surface area contributed by atoms with Gasteiger partial charge in [-0.05, 0) is 41.6 Å². The largest absolute Gasteiger partial charge is 0.459 e. The zero-order chi connectivity index (χ0) is 26.9. The summed E-state index contributed by atoms with van der Waals surface area (Å²) in [4.78, 5) is 31.7. The predicted molar refractivity (Wildman–Crippen MR) is 154 cm³/mol. The van der Waals surface area contributed by atoms with Crippen LogP contribution < -0.4 is 27.1 Å². The average molecular weight is 567 g/mol. The summed E-state index contributed by atoms with van der Waals surface area (Å²) in [5.41, 5.74) is 16.3. The van der Waals surface area contributed by atoms with Crippen LogP contribution in [-0.4, -0.2) is 53.7 Å². The van der Waals surface area contributed by atoms with E-state index in [4.69, 9.17) is 20.6 Å². The van der Waals surface area contributed by atoms with Crippen molar-refractivity contribution in [2.45, 2.75) is 44.2 Å². The smallest absolute Gasteiger partial charge is 0.267 e. The van der Waals surface area contributed by atoms with Crippen molar-refractivity contribution in [3.8, 4) is 11.3 Å². The molecule has 1 aliphatic heterocycles. The van der Waals surface area contributed by atoms with Crippen LogP contribution in [0, 0.1) is 0 Å². The van der Waals surface area contributed by atoms with E-state index in [-0.39, 0.29) is 23.2 Å². The molecule has 1 aliphatic carbocycles. The molecule has 1 amide bonds. The van der Waals surface area contributed by atoms with E-state index >= 15 is 0 Å². The van der Waals surface area contributed by atoms with Gasteiger partial charge >= 0.3 is 0 Å². The Morgan fingerprint density at radius 2 is 2.00 bits per heavy atom. The van der Waals surface area contributed by atoms with Crippen LogP contribution in [-0.2, 0) is 11.2 Å². The van der Waals surface area contributed by atoms with Gasteiger partial charge in [0.2, 0.25) is 5.43 Å². The molecule has 10 nitrogen and oxygen atoms in total. The number of nitrogens with zero attached hydrogens (tertiary/aromatic N) is 3. The Balaban J connectivity index is 1.34. The van der Waals surface area contributed by atoms with E-state index in [1.807, 2.05) is 11.4 Å². The lowest BCUT2D eigenvalue weighted by molar-refractivity contribution is 0.0994. The van der Waals surface area contributed by atoms with Gasteiger partial charge in [0.15, 0.2) is 5.58 Å². The minimum absolute atomic E-state index is 0.0783. The molecule has 1 saturated carbocycles. The van der Waals surface area contributed by atoms with Crippen molar-refractivity contribution in [1.29, 1.82) is 0 Å². The molecule has 0 spiro atoms. The highest BCUT2D eigenvalue weighted by Gasteiger charge is 2.24. The Morgan fingerprint density at radius 1 is 1.18 bits per heavy atom. The van der Waals surface area contributed by atoms with Crippen LogP contribution in [0.4, 0.5) is 10.7 Å². The third-order valence-electron chi connectivity index (χ3n) is 7.40. The van der Waals surface area contributed by atoms with E-state index in [0.29, 0.717) is 30.8 Å². The molecule has 1 saturated heterocycles. The van der Waals surface area contributed by atoms with Crippen LogP contribution in [0.3, 0.4) is 0 Å². The molecular weight excluding hydrogens is 536 g/mol. The minimum Gasteiger partial charge on any atom is -0.459 e. The van der Waals surface area contributed by atoms with Gasteiger partial charge in [0, 0.05) is 43.0 Å². The predicted octanol–water partition coefficient (Wildman–Crippen LogP) is 3.58. The molecular formula is C27H30N6O4S2. The molecule has 5 heterocycles. The second-order valence-corrected chi connectivity index (χ2v) is 11.7. The molecule has 0 bridgehead atoms. The summed E-state index contributed by atoms with van der Waals surface area (Å²) in [6.07, 6.45) is 7.89. The Morgan fingerprint density at radius 3 is 2.79 bits per heavy atom. The number of morpholine rings is 1. The first kappa shape index (κ1) is 25.9. The Hall–Kier alpha value is -3.32. The summed E-state index contributed by atoms with van der Waals surface area (Å²) in [6.45, 7) is 2.72. The van der Waals surface area contributed by atoms with Gasteiger partial charge < -0.3 is 30.8 Å². The summed E-state index contributed by atoms with van der Waals surface area (Å²) in [6, 6.07) is 3.80. The zero-order valence-corrected chi connectivity index (χ0v) is 23.0. The van der Waals surface area contributed by atoms with Crippen molar-refractivity contribution in [2.75, 3.05) is 36.5 Å². The molecule has 0 radical (unpaired) electrons. The minimum atomic E-state index is -0.585. The van der Waals surface area contributed by atoms with Gasteiger partial charge in [-0.1, -0.05) is 12.8 Å². The number of carbonyl (C=O) groups excluding carboxylic acids is 1. The number of carbonyl (C=O) groups is 1. The molecule has 0 aromatic carbocycles. The number of hydrogen-bond donors (Lipinski definition) is 3. The number of primary amides is 1. The van der Waals surface area contributed by atoms with E-state index in [2.05, 4.69) is 19.6 Å². The number of pyridine rings is 1. The van der Waals surface area contributed by atoms with Crippen LogP contribution in [0.1, 0.15) is 47.3 Å². The number of furan rings is 1. The monoisotopic (exact) mass is 566 g/mol. The number of fused-ring (bicyclic) bond motifs is 1. The van der Waals surface area contributed by atoms with Gasteiger partial charge in [0.1, 0.15) is 12.0 Å². The van der Waals surface area contributed by atoms with Crippen molar-refractivity contribution in [3.05, 3.63) is 57.0 Å². The van der Waals surface area contributed by atoms with E-state index in [9.17, 15) is 9.59 Å². The number of ether oxygens (including phenoxy) is 1. The molecule has 204 valence electrons. The SMILES string of the molecule is NC(=O)c1ncc(N[C@H]2CCCC[C@H]2N)cc1Cc1csnc1-c1coc2c(=O)cc(N3CCOCC3)sc12. The normalized spacial score (nSPS) is 19.9. The highest BCUT2D eigenvalue weighted by molar-refractivity contribution is 7.22. The molecule has 0 unspecified atom stereocenters. The fourth-order valence-corrected chi connectivity index (χ4v) is 7.22. The number of aromatic nitrogens is 2. The molecule has 4 aromatic heterocycles. The quantitative estimate of drug-likeness (QED) is 0.305. The van der Waals surface area contributed by atoms with Crippen molar-refractivity contribution in [2.24, 2.45) is 11.5 Å². The molecule has 2 atom stereocenters. The van der Waals surface area contributed by atoms with E-state index in [1.54, 1.807) is 18.5 Å². The molecule has 4 aromatic rings. The number of anilines is 2. The van der Waals surface area contributed by atoms with Gasteiger partial charge in [-0.3, -0.25) is 9.59 Å². The van der Waals surface area contributed by atoms with Gasteiger partial charge in [-0.2, -0.15) is 4.37 Å². The summed E-state index contributed by atoms with van der Waals surface area (Å²) in [5, 5.41) is 6.35. The summed E-state index contributed by atoms with van der Waals surface area (Å²) < 4.78 is 16.6. The average Bonchev–Trinajstić information content (AvgIpc) is 3.57. The van der Waals surface area contributed by atoms with Gasteiger partial charge in [0.05, 0.1) is 46.1 Å². The van der Waals surface area contributed by atoms with Crippen LogP contribution in [0.2, 0.25) is 0 Å². The van der Waals surface area contributed by atoms with E-state index in [1.165, 1.54) is 22.9 Å². The first-order valence-corrected chi connectivity index (χ1v) is 14.8. The molecule has 5 N–H and O–H groups in total. The fraction of sp³-hybridized carbons (Fsp3) is 0.407. The third-order valence-corrected chi connectivity index (χ3v) is 9.28. The highest BCUT2D eigenvalue weighted by atomic mass is 32.1. The standard InChI is InChI=1S/C27H30N6O4S2/c28-19-3-1-2-4-20(19)31-17-10-15(24(27(29)35)30-12-17)9-16-14-38-32-23(16)18-13-37-25-21(34)11-22(39-26(18)25)33-5-7-36-8-6-33/h10-14,19-20,31H,1-9,28H2,(H2,29,35)/t19-,20+/m1/s1. The zero-order valence-electron chi connectivity index (χ0n) is 21.4. The topological polar surface area (TPSA) is 150 Å². The van der Waals surface area contributed by atoms with Crippen molar-refractivity contribution in [3.63, 3.8) is 0 Å². The van der Waals surface area contributed by atoms with E-state index < -0.39 is 5.91 Å². The van der Waals surface area contributed by atoms with Crippen molar-refractivity contribution >= 4 is 49.7 Å². The van der Waals surface area contributed by atoms with Crippen LogP contribution in [0.5, 0.6) is 0 Å². The van der Waals surface area contributed by atoms with Crippen LogP contribution >= 0.6 is 22.9 Å². The number of hydrogen-bond acceptors (Lipinski definition) is 11. The molecule has 12 heteroatoms.